The molecule has 2 aliphatic heterocycles. The molecule has 0 aromatic rings. The van der Waals surface area contributed by atoms with Gasteiger partial charge in [-0.3, -0.25) is 19.6 Å². The average Bonchev–Trinajstić information content (AvgIpc) is 2.79. The summed E-state index contributed by atoms with van der Waals surface area (Å²) in [4.78, 5) is 13.1. The Morgan fingerprint density at radius 1 is 0.519 bits per heavy atom. The molecule has 0 radical (unpaired) electrons. The molecular formula is C18H42BiN5S3. The first-order valence-electron chi connectivity index (χ1n) is 10.2. The minimum absolute atomic E-state index is 0. The molecule has 2 aliphatic rings. The van der Waals surface area contributed by atoms with Gasteiger partial charge in [0.1, 0.15) is 0 Å². The van der Waals surface area contributed by atoms with Gasteiger partial charge in [-0.25, -0.2) is 0 Å². The van der Waals surface area contributed by atoms with E-state index >= 15 is 0 Å². The maximum atomic E-state index is 4.43. The van der Waals surface area contributed by atoms with Crippen LogP contribution in [0.2, 0.25) is 0 Å². The van der Waals surface area contributed by atoms with Gasteiger partial charge in [0.05, 0.1) is 0 Å². The van der Waals surface area contributed by atoms with Crippen molar-refractivity contribution in [1.29, 1.82) is 0 Å². The molecule has 2 rings (SSSR count). The molecule has 2 unspecified atom stereocenters. The number of thiol groups is 3. The summed E-state index contributed by atoms with van der Waals surface area (Å²) >= 11 is 13.2. The van der Waals surface area contributed by atoms with Gasteiger partial charge in [-0.1, -0.05) is 0 Å². The Balaban J connectivity index is 0.00000364. The van der Waals surface area contributed by atoms with Gasteiger partial charge >= 0.3 is 26.2 Å². The molecule has 0 aliphatic carbocycles. The molecule has 2 bridgehead atoms. The molecule has 0 aromatic carbocycles. The van der Waals surface area contributed by atoms with E-state index in [1.54, 1.807) is 0 Å². The van der Waals surface area contributed by atoms with Crippen LogP contribution in [0.15, 0.2) is 0 Å². The Labute approximate surface area is 202 Å². The van der Waals surface area contributed by atoms with Crippen molar-refractivity contribution in [1.82, 2.24) is 24.5 Å². The zero-order valence-electron chi connectivity index (χ0n) is 17.0. The van der Waals surface area contributed by atoms with E-state index in [-0.39, 0.29) is 26.2 Å². The summed E-state index contributed by atoms with van der Waals surface area (Å²) in [6.45, 7) is 17.5. The van der Waals surface area contributed by atoms with Gasteiger partial charge in [0.15, 0.2) is 0 Å². The van der Waals surface area contributed by atoms with Crippen LogP contribution in [0.5, 0.6) is 0 Å². The molecule has 0 spiro atoms. The number of nitrogens with zero attached hydrogens (tertiary/aromatic N) is 5. The van der Waals surface area contributed by atoms with Crippen LogP contribution in [-0.2, 0) is 0 Å². The van der Waals surface area contributed by atoms with Crippen molar-refractivity contribution in [2.75, 3.05) is 115 Å². The summed E-state index contributed by atoms with van der Waals surface area (Å²) in [6.07, 6.45) is 0. The Morgan fingerprint density at radius 3 is 1.33 bits per heavy atom. The van der Waals surface area contributed by atoms with Crippen LogP contribution in [0, 0.1) is 0 Å². The van der Waals surface area contributed by atoms with E-state index in [0.29, 0.717) is 0 Å². The Hall–Kier alpha value is 1.73. The molecule has 27 heavy (non-hydrogen) atoms. The third-order valence-corrected chi connectivity index (χ3v) is 6.24. The fourth-order valence-electron chi connectivity index (χ4n) is 3.80. The van der Waals surface area contributed by atoms with Crippen LogP contribution < -0.4 is 0 Å². The van der Waals surface area contributed by atoms with Crippen molar-refractivity contribution >= 4 is 64.1 Å². The van der Waals surface area contributed by atoms with Crippen LogP contribution in [-0.4, -0.2) is 166 Å². The van der Waals surface area contributed by atoms with Gasteiger partial charge in [0.25, 0.3) is 0 Å². The van der Waals surface area contributed by atoms with Crippen LogP contribution in [0.4, 0.5) is 0 Å². The minimum atomic E-state index is 0. The van der Waals surface area contributed by atoms with Gasteiger partial charge in [-0.15, -0.1) is 0 Å². The second kappa shape index (κ2) is 16.4. The molecule has 0 saturated carbocycles. The third-order valence-electron chi connectivity index (χ3n) is 5.64. The fraction of sp³-hybridized carbons (Fsp3) is 1.00. The normalized spacial score (nSPS) is 25.8. The van der Waals surface area contributed by atoms with E-state index in [9.17, 15) is 0 Å². The standard InChI is InChI=1S/C18H39N5S3.Bi.3H/c24-16-13-22-10-7-19-1-2-20(8-11-22)4-6-21(5-3-19)9-12-23(14-17-25)15-18-26;;;;/h24-26H,1-18H2;;;;. The van der Waals surface area contributed by atoms with E-state index in [2.05, 4.69) is 62.4 Å². The van der Waals surface area contributed by atoms with E-state index in [0.717, 1.165) is 50.0 Å². The summed E-state index contributed by atoms with van der Waals surface area (Å²) < 4.78 is 0. The van der Waals surface area contributed by atoms with Crippen LogP contribution in [0.25, 0.3) is 0 Å². The molecule has 2 atom stereocenters. The Kier molecular flexibility index (Phi) is 16.3. The SMILES string of the molecule is SCCN(CCS)CCN1CCN2CCN(CCS)CCN(CC1)CC2.[BiH3]. The first-order chi connectivity index (χ1) is 12.7. The molecule has 9 heteroatoms. The first-order valence-corrected chi connectivity index (χ1v) is 12.1. The van der Waals surface area contributed by atoms with E-state index < -0.39 is 0 Å². The first kappa shape index (κ1) is 26.8. The number of rotatable bonds is 9. The Bertz CT molecular complexity index is 344. The molecule has 0 aromatic heterocycles. The van der Waals surface area contributed by atoms with Crippen molar-refractivity contribution in [2.24, 2.45) is 0 Å². The van der Waals surface area contributed by atoms with E-state index in [1.807, 2.05) is 0 Å². The van der Waals surface area contributed by atoms with Gasteiger partial charge in [0, 0.05) is 115 Å². The van der Waals surface area contributed by atoms with Crippen LogP contribution >= 0.6 is 37.9 Å². The van der Waals surface area contributed by atoms with Crippen molar-refractivity contribution < 1.29 is 0 Å². The topological polar surface area (TPSA) is 16.2 Å². The monoisotopic (exact) mass is 633 g/mol. The second-order valence-electron chi connectivity index (χ2n) is 7.38. The molecular weight excluding hydrogens is 591 g/mol. The van der Waals surface area contributed by atoms with Gasteiger partial charge in [0.2, 0.25) is 0 Å². The van der Waals surface area contributed by atoms with Gasteiger partial charge in [-0.05, 0) is 0 Å². The van der Waals surface area contributed by atoms with Crippen molar-refractivity contribution in [3.8, 4) is 0 Å². The summed E-state index contributed by atoms with van der Waals surface area (Å²) in [5.74, 6) is 2.82. The van der Waals surface area contributed by atoms with Crippen molar-refractivity contribution in [2.45, 2.75) is 0 Å². The summed E-state index contributed by atoms with van der Waals surface area (Å²) in [5, 5.41) is 0. The van der Waals surface area contributed by atoms with Crippen LogP contribution in [0.3, 0.4) is 0 Å². The summed E-state index contributed by atoms with van der Waals surface area (Å²) in [5.41, 5.74) is 0. The van der Waals surface area contributed by atoms with Crippen molar-refractivity contribution in [3.63, 3.8) is 0 Å². The average molecular weight is 634 g/mol. The molecule has 2 saturated heterocycles. The number of hydrogen-bond donors (Lipinski definition) is 3. The van der Waals surface area contributed by atoms with Crippen LogP contribution in [0.1, 0.15) is 0 Å². The zero-order chi connectivity index (χ0) is 18.6. The second-order valence-corrected chi connectivity index (χ2v) is 8.72. The predicted octanol–water partition coefficient (Wildman–Crippen LogP) is -0.871. The molecule has 5 nitrogen and oxygen atoms in total. The Morgan fingerprint density at radius 2 is 0.926 bits per heavy atom. The van der Waals surface area contributed by atoms with E-state index in [4.69, 9.17) is 0 Å². The summed E-state index contributed by atoms with van der Waals surface area (Å²) in [6, 6.07) is 0. The molecule has 2 heterocycles. The number of hydrogen-bond acceptors (Lipinski definition) is 8. The van der Waals surface area contributed by atoms with Gasteiger partial charge < -0.3 is 4.90 Å². The number of fused-ring (bicyclic) bond motifs is 3. The van der Waals surface area contributed by atoms with Crippen molar-refractivity contribution in [3.05, 3.63) is 0 Å². The quantitative estimate of drug-likeness (QED) is 0.226. The predicted molar refractivity (Wildman–Crippen MR) is 134 cm³/mol. The summed E-state index contributed by atoms with van der Waals surface area (Å²) in [7, 11) is 0. The molecule has 0 N–H and O–H groups in total. The van der Waals surface area contributed by atoms with Gasteiger partial charge in [-0.2, -0.15) is 37.9 Å². The maximum absolute atomic E-state index is 4.43. The third kappa shape index (κ3) is 11.1. The van der Waals surface area contributed by atoms with E-state index in [1.165, 1.54) is 65.4 Å². The molecule has 162 valence electrons. The fourth-order valence-corrected chi connectivity index (χ4v) is 4.65. The molecule has 0 amide bonds. The zero-order valence-corrected chi connectivity index (χ0v) is 25.2. The molecule has 2 fully saturated rings.